The Morgan fingerprint density at radius 2 is 2.11 bits per heavy atom. The maximum absolute atomic E-state index is 5.59. The molecular formula is C5H15ClN2Si. The van der Waals surface area contributed by atoms with Crippen LogP contribution in [0.1, 0.15) is 0 Å². The average Bonchev–Trinajstić information content (AvgIpc) is 1.82. The fourth-order valence-corrected chi connectivity index (χ4v) is 2.91. The van der Waals surface area contributed by atoms with Crippen molar-refractivity contribution in [2.24, 2.45) is 0 Å². The Bertz CT molecular complexity index is 70.0. The van der Waals surface area contributed by atoms with Gasteiger partial charge in [-0.25, -0.2) is 0 Å². The summed E-state index contributed by atoms with van der Waals surface area (Å²) in [6, 6.07) is 1.13. The van der Waals surface area contributed by atoms with E-state index in [0.717, 1.165) is 11.9 Å². The minimum absolute atomic E-state index is 0.774. The van der Waals surface area contributed by atoms with Gasteiger partial charge in [0.05, 0.1) is 0 Å². The first-order valence-electron chi connectivity index (χ1n) is 3.12. The van der Waals surface area contributed by atoms with E-state index in [-0.39, 0.29) is 0 Å². The zero-order chi connectivity index (χ0) is 7.28. The Morgan fingerprint density at radius 1 is 1.56 bits per heavy atom. The van der Waals surface area contributed by atoms with Crippen molar-refractivity contribution in [3.8, 4) is 0 Å². The van der Waals surface area contributed by atoms with Crippen LogP contribution in [-0.4, -0.2) is 40.7 Å². The third-order valence-corrected chi connectivity index (χ3v) is 4.67. The Hall–Kier alpha value is 0.427. The van der Waals surface area contributed by atoms with Gasteiger partial charge in [-0.15, -0.1) is 11.6 Å². The highest BCUT2D eigenvalue weighted by Gasteiger charge is 2.08. The van der Waals surface area contributed by atoms with Crippen molar-refractivity contribution < 1.29 is 0 Å². The van der Waals surface area contributed by atoms with Crippen LogP contribution in [-0.2, 0) is 0 Å². The van der Waals surface area contributed by atoms with Gasteiger partial charge in [0.1, 0.15) is 0 Å². The van der Waals surface area contributed by atoms with Crippen LogP contribution in [0.2, 0.25) is 6.04 Å². The van der Waals surface area contributed by atoms with E-state index in [1.807, 2.05) is 7.05 Å². The summed E-state index contributed by atoms with van der Waals surface area (Å²) in [7, 11) is 5.36. The van der Waals surface area contributed by atoms with Crippen LogP contribution in [0.5, 0.6) is 0 Å². The van der Waals surface area contributed by atoms with Gasteiger partial charge >= 0.3 is 0 Å². The second-order valence-corrected chi connectivity index (χ2v) is 5.84. The van der Waals surface area contributed by atoms with Crippen molar-refractivity contribution in [2.75, 3.05) is 27.0 Å². The maximum atomic E-state index is 5.59. The van der Waals surface area contributed by atoms with Crippen LogP contribution in [0.25, 0.3) is 0 Å². The molecule has 0 radical (unpaired) electrons. The van der Waals surface area contributed by atoms with Crippen molar-refractivity contribution in [2.45, 2.75) is 6.04 Å². The van der Waals surface area contributed by atoms with E-state index < -0.39 is 9.12 Å². The molecule has 0 amide bonds. The molecule has 0 aromatic carbocycles. The Labute approximate surface area is 63.9 Å². The van der Waals surface area contributed by atoms with Crippen LogP contribution in [0.15, 0.2) is 0 Å². The van der Waals surface area contributed by atoms with Crippen LogP contribution in [0.4, 0.5) is 0 Å². The molecule has 0 aromatic heterocycles. The molecule has 0 saturated heterocycles. The Morgan fingerprint density at radius 3 is 2.22 bits per heavy atom. The smallest absolute Gasteiger partial charge is 0.187 e. The van der Waals surface area contributed by atoms with Crippen molar-refractivity contribution in [1.29, 1.82) is 0 Å². The molecule has 0 saturated carbocycles. The summed E-state index contributed by atoms with van der Waals surface area (Å²) >= 11 is 5.59. The Balaban J connectivity index is 3.41. The highest BCUT2D eigenvalue weighted by Crippen LogP contribution is 1.92. The number of hydrogen-bond acceptors (Lipinski definition) is 2. The second kappa shape index (κ2) is 5.23. The quantitative estimate of drug-likeness (QED) is 0.475. The first kappa shape index (κ1) is 9.43. The van der Waals surface area contributed by atoms with Crippen molar-refractivity contribution in [3.63, 3.8) is 0 Å². The average molecular weight is 167 g/mol. The number of hydrogen-bond donors (Lipinski definition) is 1. The van der Waals surface area contributed by atoms with Gasteiger partial charge in [-0.1, -0.05) is 0 Å². The minimum Gasteiger partial charge on any atom is -0.331 e. The summed E-state index contributed by atoms with van der Waals surface area (Å²) in [6.45, 7) is 0. The first-order valence-corrected chi connectivity index (χ1v) is 5.56. The predicted molar refractivity (Wildman–Crippen MR) is 45.4 cm³/mol. The third-order valence-electron chi connectivity index (χ3n) is 1.34. The molecule has 56 valence electrons. The number of halogens is 1. The number of alkyl halides is 1. The fraction of sp³-hybridized carbons (Fsp3) is 1.00. The Kier molecular flexibility index (Phi) is 5.48. The minimum atomic E-state index is -0.835. The zero-order valence-electron chi connectivity index (χ0n) is 6.32. The van der Waals surface area contributed by atoms with Gasteiger partial charge in [-0.3, -0.25) is 0 Å². The third kappa shape index (κ3) is 3.92. The number of nitrogens with one attached hydrogen (secondary N) is 1. The lowest BCUT2D eigenvalue weighted by molar-refractivity contribution is 0.621. The highest BCUT2D eigenvalue weighted by molar-refractivity contribution is 6.53. The number of rotatable bonds is 4. The first-order chi connectivity index (χ1) is 4.22. The summed E-state index contributed by atoms with van der Waals surface area (Å²) < 4.78 is 2.25. The molecule has 1 atom stereocenters. The molecule has 0 aliphatic rings. The SMILES string of the molecule is CN[SiH](CCCl)N(C)C. The van der Waals surface area contributed by atoms with E-state index in [4.69, 9.17) is 11.6 Å². The molecule has 0 fully saturated rings. The molecule has 2 nitrogen and oxygen atoms in total. The van der Waals surface area contributed by atoms with E-state index in [1.165, 1.54) is 0 Å². The molecule has 1 unspecified atom stereocenters. The van der Waals surface area contributed by atoms with E-state index in [9.17, 15) is 0 Å². The van der Waals surface area contributed by atoms with Gasteiger partial charge in [-0.2, -0.15) is 0 Å². The van der Waals surface area contributed by atoms with Crippen LogP contribution >= 0.6 is 11.6 Å². The molecule has 0 spiro atoms. The highest BCUT2D eigenvalue weighted by atomic mass is 35.5. The summed E-state index contributed by atoms with van der Waals surface area (Å²) in [5.74, 6) is 0.774. The van der Waals surface area contributed by atoms with Crippen LogP contribution in [0, 0.1) is 0 Å². The molecule has 4 heteroatoms. The van der Waals surface area contributed by atoms with Gasteiger partial charge in [-0.05, 0) is 27.2 Å². The lowest BCUT2D eigenvalue weighted by atomic mass is 11.0. The monoisotopic (exact) mass is 166 g/mol. The molecule has 0 aromatic rings. The summed E-state index contributed by atoms with van der Waals surface area (Å²) in [5.41, 5.74) is 0. The summed E-state index contributed by atoms with van der Waals surface area (Å²) in [5, 5.41) is 0. The molecule has 0 aliphatic carbocycles. The molecule has 0 rings (SSSR count). The maximum Gasteiger partial charge on any atom is 0.187 e. The van der Waals surface area contributed by atoms with E-state index in [1.54, 1.807) is 0 Å². The van der Waals surface area contributed by atoms with E-state index >= 15 is 0 Å². The van der Waals surface area contributed by atoms with E-state index in [2.05, 4.69) is 23.6 Å². The second-order valence-electron chi connectivity index (χ2n) is 2.25. The standard InChI is InChI=1S/C5H15ClN2Si/c1-7-9(5-4-6)8(2)3/h7,9H,4-5H2,1-3H3. The topological polar surface area (TPSA) is 15.3 Å². The van der Waals surface area contributed by atoms with Crippen LogP contribution < -0.4 is 4.98 Å². The zero-order valence-corrected chi connectivity index (χ0v) is 8.23. The largest absolute Gasteiger partial charge is 0.331 e. The van der Waals surface area contributed by atoms with Crippen molar-refractivity contribution in [3.05, 3.63) is 0 Å². The van der Waals surface area contributed by atoms with Crippen molar-refractivity contribution >= 4 is 20.7 Å². The van der Waals surface area contributed by atoms with E-state index in [0.29, 0.717) is 0 Å². The normalized spacial score (nSPS) is 14.3. The molecular weight excluding hydrogens is 152 g/mol. The predicted octanol–water partition coefficient (Wildman–Crippen LogP) is 0.227. The van der Waals surface area contributed by atoms with Gasteiger partial charge in [0, 0.05) is 5.88 Å². The fourth-order valence-electron chi connectivity index (χ4n) is 0.764. The molecule has 9 heavy (non-hydrogen) atoms. The molecule has 0 bridgehead atoms. The van der Waals surface area contributed by atoms with Crippen molar-refractivity contribution in [1.82, 2.24) is 9.55 Å². The van der Waals surface area contributed by atoms with Crippen LogP contribution in [0.3, 0.4) is 0 Å². The number of nitrogens with zero attached hydrogens (tertiary/aromatic N) is 1. The molecule has 0 aliphatic heterocycles. The molecule has 1 N–H and O–H groups in total. The lowest BCUT2D eigenvalue weighted by Gasteiger charge is -2.19. The molecule has 0 heterocycles. The summed E-state index contributed by atoms with van der Waals surface area (Å²) in [4.78, 5) is 3.28. The van der Waals surface area contributed by atoms with Gasteiger partial charge in [0.25, 0.3) is 0 Å². The van der Waals surface area contributed by atoms with Gasteiger partial charge in [0.2, 0.25) is 0 Å². The van der Waals surface area contributed by atoms with Gasteiger partial charge < -0.3 is 9.55 Å². The lowest BCUT2D eigenvalue weighted by Crippen LogP contribution is -2.44. The summed E-state index contributed by atoms with van der Waals surface area (Å²) in [6.07, 6.45) is 0. The van der Waals surface area contributed by atoms with Gasteiger partial charge in [0.15, 0.2) is 9.12 Å².